The molecule has 1 fully saturated rings. The Balaban J connectivity index is 2.10. The minimum absolute atomic E-state index is 0.558. The van der Waals surface area contributed by atoms with Crippen LogP contribution in [0.2, 0.25) is 0 Å². The van der Waals surface area contributed by atoms with E-state index in [-0.39, 0.29) is 0 Å². The molecule has 4 heteroatoms. The highest BCUT2D eigenvalue weighted by molar-refractivity contribution is 6.36. The van der Waals surface area contributed by atoms with Crippen LogP contribution < -0.4 is 5.32 Å². The first kappa shape index (κ1) is 12.3. The summed E-state index contributed by atoms with van der Waals surface area (Å²) in [4.78, 5) is 2.42. The van der Waals surface area contributed by atoms with Crippen molar-refractivity contribution in [3.05, 3.63) is 10.6 Å². The molecule has 0 radical (unpaired) electrons. The molecule has 1 rings (SSSR count). The SMILES string of the molecule is CC(CNCC(Cl)=CCl)N(C)C1CC1. The van der Waals surface area contributed by atoms with Crippen LogP contribution >= 0.6 is 23.2 Å². The molecule has 1 aliphatic rings. The normalized spacial score (nSPS) is 20.2. The van der Waals surface area contributed by atoms with Gasteiger partial charge in [-0.3, -0.25) is 4.90 Å². The minimum Gasteiger partial charge on any atom is -0.310 e. The first-order chi connectivity index (χ1) is 6.65. The summed E-state index contributed by atoms with van der Waals surface area (Å²) in [6, 6.07) is 1.37. The van der Waals surface area contributed by atoms with Crippen molar-refractivity contribution in [3.8, 4) is 0 Å². The van der Waals surface area contributed by atoms with Gasteiger partial charge in [0.1, 0.15) is 0 Å². The topological polar surface area (TPSA) is 15.3 Å². The van der Waals surface area contributed by atoms with Crippen LogP contribution in [0.4, 0.5) is 0 Å². The predicted molar refractivity (Wildman–Crippen MR) is 62.9 cm³/mol. The summed E-state index contributed by atoms with van der Waals surface area (Å²) in [5.74, 6) is 0. The molecule has 1 unspecified atom stereocenters. The lowest BCUT2D eigenvalue weighted by molar-refractivity contribution is 0.243. The van der Waals surface area contributed by atoms with Crippen LogP contribution in [0.25, 0.3) is 0 Å². The molecule has 0 spiro atoms. The lowest BCUT2D eigenvalue weighted by Gasteiger charge is -2.24. The molecule has 0 aromatic carbocycles. The van der Waals surface area contributed by atoms with Gasteiger partial charge in [0, 0.05) is 35.7 Å². The second-order valence-electron chi connectivity index (χ2n) is 3.93. The smallest absolute Gasteiger partial charge is 0.0431 e. The molecular formula is C10H18Cl2N2. The largest absolute Gasteiger partial charge is 0.310 e. The Morgan fingerprint density at radius 3 is 2.79 bits per heavy atom. The zero-order valence-electron chi connectivity index (χ0n) is 8.76. The average molecular weight is 237 g/mol. The van der Waals surface area contributed by atoms with Crippen molar-refractivity contribution in [2.75, 3.05) is 20.1 Å². The van der Waals surface area contributed by atoms with Crippen LogP contribution in [-0.2, 0) is 0 Å². The monoisotopic (exact) mass is 236 g/mol. The van der Waals surface area contributed by atoms with Crippen LogP contribution in [0, 0.1) is 0 Å². The number of rotatable bonds is 6. The molecule has 0 amide bonds. The number of hydrogen-bond acceptors (Lipinski definition) is 2. The fourth-order valence-electron chi connectivity index (χ4n) is 1.42. The van der Waals surface area contributed by atoms with Crippen molar-refractivity contribution in [1.29, 1.82) is 0 Å². The summed E-state index contributed by atoms with van der Waals surface area (Å²) in [7, 11) is 2.18. The summed E-state index contributed by atoms with van der Waals surface area (Å²) in [6.45, 7) is 3.84. The standard InChI is InChI=1S/C10H18Cl2N2/c1-8(14(2)10-3-4-10)6-13-7-9(12)5-11/h5,8,10,13H,3-4,6-7H2,1-2H3. The van der Waals surface area contributed by atoms with Gasteiger partial charge >= 0.3 is 0 Å². The zero-order chi connectivity index (χ0) is 10.6. The van der Waals surface area contributed by atoms with Gasteiger partial charge in [0.25, 0.3) is 0 Å². The maximum Gasteiger partial charge on any atom is 0.0431 e. The first-order valence-electron chi connectivity index (χ1n) is 5.02. The molecule has 82 valence electrons. The van der Waals surface area contributed by atoms with E-state index in [2.05, 4.69) is 24.2 Å². The van der Waals surface area contributed by atoms with Crippen LogP contribution in [0.5, 0.6) is 0 Å². The molecule has 2 nitrogen and oxygen atoms in total. The molecule has 0 aromatic rings. The molecule has 1 atom stereocenters. The summed E-state index contributed by atoms with van der Waals surface area (Å²) in [5, 5.41) is 3.93. The minimum atomic E-state index is 0.558. The molecule has 1 saturated carbocycles. The molecule has 0 aliphatic heterocycles. The Bertz CT molecular complexity index is 202. The molecule has 0 bridgehead atoms. The molecule has 1 aliphatic carbocycles. The van der Waals surface area contributed by atoms with Gasteiger partial charge in [0.15, 0.2) is 0 Å². The Labute approximate surface area is 96.2 Å². The zero-order valence-corrected chi connectivity index (χ0v) is 10.3. The molecular weight excluding hydrogens is 219 g/mol. The third-order valence-corrected chi connectivity index (χ3v) is 3.29. The number of nitrogens with zero attached hydrogens (tertiary/aromatic N) is 1. The van der Waals surface area contributed by atoms with Crippen LogP contribution in [0.15, 0.2) is 10.6 Å². The highest BCUT2D eigenvalue weighted by Crippen LogP contribution is 2.26. The van der Waals surface area contributed by atoms with Gasteiger partial charge < -0.3 is 5.32 Å². The van der Waals surface area contributed by atoms with Crippen molar-refractivity contribution in [2.24, 2.45) is 0 Å². The average Bonchev–Trinajstić information content (AvgIpc) is 2.99. The summed E-state index contributed by atoms with van der Waals surface area (Å²) in [6.07, 6.45) is 2.70. The van der Waals surface area contributed by atoms with Crippen molar-refractivity contribution < 1.29 is 0 Å². The first-order valence-corrected chi connectivity index (χ1v) is 5.84. The third-order valence-electron chi connectivity index (χ3n) is 2.67. The molecule has 0 saturated heterocycles. The number of halogens is 2. The van der Waals surface area contributed by atoms with Crippen molar-refractivity contribution in [1.82, 2.24) is 10.2 Å². The number of nitrogens with one attached hydrogen (secondary N) is 1. The van der Waals surface area contributed by atoms with E-state index in [0.29, 0.717) is 17.6 Å². The Morgan fingerprint density at radius 2 is 2.29 bits per heavy atom. The van der Waals surface area contributed by atoms with Crippen LogP contribution in [0.3, 0.4) is 0 Å². The Kier molecular flexibility index (Phi) is 5.24. The summed E-state index contributed by atoms with van der Waals surface area (Å²) >= 11 is 11.2. The van der Waals surface area contributed by atoms with E-state index < -0.39 is 0 Å². The van der Waals surface area contributed by atoms with Gasteiger partial charge in [0.2, 0.25) is 0 Å². The van der Waals surface area contributed by atoms with Gasteiger partial charge in [-0.2, -0.15) is 0 Å². The number of hydrogen-bond donors (Lipinski definition) is 1. The predicted octanol–water partition coefficient (Wildman–Crippen LogP) is 2.38. The van der Waals surface area contributed by atoms with E-state index in [1.54, 1.807) is 0 Å². The van der Waals surface area contributed by atoms with E-state index in [9.17, 15) is 0 Å². The van der Waals surface area contributed by atoms with E-state index in [0.717, 1.165) is 12.6 Å². The fraction of sp³-hybridized carbons (Fsp3) is 0.800. The molecule has 14 heavy (non-hydrogen) atoms. The highest BCUT2D eigenvalue weighted by Gasteiger charge is 2.28. The van der Waals surface area contributed by atoms with Crippen LogP contribution in [0.1, 0.15) is 19.8 Å². The summed E-state index contributed by atoms with van der Waals surface area (Å²) in [5.41, 5.74) is 1.41. The summed E-state index contributed by atoms with van der Waals surface area (Å²) < 4.78 is 0. The molecule has 0 heterocycles. The van der Waals surface area contributed by atoms with E-state index in [4.69, 9.17) is 23.2 Å². The second-order valence-corrected chi connectivity index (χ2v) is 4.64. The van der Waals surface area contributed by atoms with Gasteiger partial charge in [-0.05, 0) is 26.8 Å². The quantitative estimate of drug-likeness (QED) is 0.763. The fourth-order valence-corrected chi connectivity index (χ4v) is 1.60. The van der Waals surface area contributed by atoms with Crippen molar-refractivity contribution in [2.45, 2.75) is 31.8 Å². The van der Waals surface area contributed by atoms with Gasteiger partial charge in [-0.1, -0.05) is 23.2 Å². The van der Waals surface area contributed by atoms with Crippen molar-refractivity contribution >= 4 is 23.2 Å². The Morgan fingerprint density at radius 1 is 1.64 bits per heavy atom. The molecule has 1 N–H and O–H groups in total. The van der Waals surface area contributed by atoms with Crippen molar-refractivity contribution in [3.63, 3.8) is 0 Å². The lowest BCUT2D eigenvalue weighted by atomic mass is 10.3. The van der Waals surface area contributed by atoms with E-state index in [1.165, 1.54) is 18.4 Å². The van der Waals surface area contributed by atoms with E-state index in [1.807, 2.05) is 0 Å². The molecule has 0 aromatic heterocycles. The lowest BCUT2D eigenvalue weighted by Crippen LogP contribution is -2.39. The van der Waals surface area contributed by atoms with Gasteiger partial charge in [0.05, 0.1) is 0 Å². The second kappa shape index (κ2) is 5.96. The van der Waals surface area contributed by atoms with Gasteiger partial charge in [-0.25, -0.2) is 0 Å². The Hall–Kier alpha value is 0.240. The highest BCUT2D eigenvalue weighted by atomic mass is 35.5. The maximum absolute atomic E-state index is 5.76. The maximum atomic E-state index is 5.76. The van der Waals surface area contributed by atoms with Crippen LogP contribution in [-0.4, -0.2) is 37.1 Å². The third kappa shape index (κ3) is 4.18. The number of likely N-dealkylation sites (N-methyl/N-ethyl adjacent to an activating group) is 1. The van der Waals surface area contributed by atoms with E-state index >= 15 is 0 Å². The van der Waals surface area contributed by atoms with Gasteiger partial charge in [-0.15, -0.1) is 0 Å².